The van der Waals surface area contributed by atoms with Crippen LogP contribution >= 0.6 is 0 Å². The molecule has 0 bridgehead atoms. The van der Waals surface area contributed by atoms with Gasteiger partial charge in [-0.15, -0.1) is 0 Å². The normalized spacial score (nSPS) is 14.8. The Bertz CT molecular complexity index is 1410. The summed E-state index contributed by atoms with van der Waals surface area (Å²) in [4.78, 5) is 32.9. The number of piperidine rings is 1. The number of aromatic amines is 1. The molecule has 7 heteroatoms. The molecule has 1 amide bonds. The van der Waals surface area contributed by atoms with E-state index in [1.54, 1.807) is 31.7 Å². The lowest BCUT2D eigenvalue weighted by atomic mass is 9.89. The number of amides is 1. The van der Waals surface area contributed by atoms with Gasteiger partial charge in [0, 0.05) is 42.6 Å². The molecule has 4 aromatic rings. The number of aliphatic imine (C=N–C) groups is 1. The van der Waals surface area contributed by atoms with Crippen LogP contribution in [-0.4, -0.2) is 40.2 Å². The van der Waals surface area contributed by atoms with Crippen molar-refractivity contribution in [3.63, 3.8) is 0 Å². The summed E-state index contributed by atoms with van der Waals surface area (Å²) < 4.78 is 5.17. The quantitative estimate of drug-likeness (QED) is 0.425. The van der Waals surface area contributed by atoms with E-state index in [0.717, 1.165) is 42.7 Å². The number of benzene rings is 2. The smallest absolute Gasteiger partial charge is 0.258 e. The van der Waals surface area contributed by atoms with Gasteiger partial charge in [-0.2, -0.15) is 0 Å². The number of hydrogen-bond donors (Lipinski definition) is 2. The predicted octanol–water partition coefficient (Wildman–Crippen LogP) is 4.97. The number of aromatic hydroxyl groups is 1. The lowest BCUT2D eigenvalue weighted by Gasteiger charge is -2.31. The summed E-state index contributed by atoms with van der Waals surface area (Å²) in [7, 11) is 0. The van der Waals surface area contributed by atoms with Crippen LogP contribution in [-0.2, 0) is 4.79 Å². The van der Waals surface area contributed by atoms with Crippen molar-refractivity contribution >= 4 is 28.6 Å². The Labute approximate surface area is 196 Å². The maximum Gasteiger partial charge on any atom is 0.258 e. The Hall–Kier alpha value is -4.13. The zero-order chi connectivity index (χ0) is 23.7. The van der Waals surface area contributed by atoms with Gasteiger partial charge in [-0.3, -0.25) is 19.6 Å². The standard InChI is InChI=1S/C27H25N3O4/c1-17(31)30-11-8-19(9-12-30)18-2-5-22(6-3-18)28-15-25-24-14-20(21-10-13-34-16-21)4-7-23(24)26(32)29-27(25)33/h2-7,10,13-16,19H,8-9,11-12H2,1H3,(H2,29,32,33). The summed E-state index contributed by atoms with van der Waals surface area (Å²) in [5.74, 6) is 0.347. The molecule has 2 aromatic heterocycles. The molecule has 3 heterocycles. The number of aromatic nitrogens is 1. The Balaban J connectivity index is 1.41. The minimum atomic E-state index is -0.358. The SMILES string of the molecule is CC(=O)N1CCC(c2ccc(N=Cc3c(O)[nH]c(=O)c4ccc(-c5ccoc5)cc34)cc2)CC1. The van der Waals surface area contributed by atoms with Crippen molar-refractivity contribution in [3.05, 3.63) is 82.5 Å². The van der Waals surface area contributed by atoms with Gasteiger partial charge < -0.3 is 14.4 Å². The van der Waals surface area contributed by atoms with Gasteiger partial charge in [-0.25, -0.2) is 0 Å². The van der Waals surface area contributed by atoms with E-state index in [9.17, 15) is 14.7 Å². The topological polar surface area (TPSA) is 98.9 Å². The third-order valence-corrected chi connectivity index (χ3v) is 6.54. The monoisotopic (exact) mass is 455 g/mol. The van der Waals surface area contributed by atoms with Crippen LogP contribution < -0.4 is 5.56 Å². The van der Waals surface area contributed by atoms with Crippen LogP contribution in [0.5, 0.6) is 5.88 Å². The van der Waals surface area contributed by atoms with Gasteiger partial charge in [0.15, 0.2) is 0 Å². The fourth-order valence-electron chi connectivity index (χ4n) is 4.57. The third kappa shape index (κ3) is 4.24. The highest BCUT2D eigenvalue weighted by molar-refractivity contribution is 6.03. The maximum absolute atomic E-state index is 12.4. The molecule has 2 N–H and O–H groups in total. The molecule has 5 rings (SSSR count). The van der Waals surface area contributed by atoms with Crippen molar-refractivity contribution in [1.82, 2.24) is 9.88 Å². The van der Waals surface area contributed by atoms with E-state index < -0.39 is 0 Å². The van der Waals surface area contributed by atoms with Gasteiger partial charge in [-0.05, 0) is 60.2 Å². The second-order valence-corrected chi connectivity index (χ2v) is 8.62. The van der Waals surface area contributed by atoms with Gasteiger partial charge in [-0.1, -0.05) is 18.2 Å². The second-order valence-electron chi connectivity index (χ2n) is 8.62. The first kappa shape index (κ1) is 21.7. The number of nitrogens with one attached hydrogen (secondary N) is 1. The number of hydrogen-bond acceptors (Lipinski definition) is 5. The molecule has 7 nitrogen and oxygen atoms in total. The summed E-state index contributed by atoms with van der Waals surface area (Å²) >= 11 is 0. The van der Waals surface area contributed by atoms with Gasteiger partial charge in [0.1, 0.15) is 0 Å². The van der Waals surface area contributed by atoms with Gasteiger partial charge in [0.2, 0.25) is 11.8 Å². The van der Waals surface area contributed by atoms with Crippen LogP contribution in [0.25, 0.3) is 21.9 Å². The molecule has 0 radical (unpaired) electrons. The molecule has 0 atom stereocenters. The van der Waals surface area contributed by atoms with Crippen LogP contribution in [0.4, 0.5) is 5.69 Å². The van der Waals surface area contributed by atoms with Crippen molar-refractivity contribution in [3.8, 4) is 17.0 Å². The molecule has 1 saturated heterocycles. The highest BCUT2D eigenvalue weighted by atomic mass is 16.3. The molecule has 0 aliphatic carbocycles. The Morgan fingerprint density at radius 3 is 2.53 bits per heavy atom. The molecular formula is C27H25N3O4. The van der Waals surface area contributed by atoms with Crippen LogP contribution in [0.1, 0.15) is 36.8 Å². The molecule has 1 aliphatic rings. The first-order valence-electron chi connectivity index (χ1n) is 11.3. The summed E-state index contributed by atoms with van der Waals surface area (Å²) in [6.07, 6.45) is 6.71. The summed E-state index contributed by atoms with van der Waals surface area (Å²) in [5.41, 5.74) is 3.83. The van der Waals surface area contributed by atoms with E-state index in [4.69, 9.17) is 4.42 Å². The van der Waals surface area contributed by atoms with E-state index in [1.165, 1.54) is 5.56 Å². The van der Waals surface area contributed by atoms with Gasteiger partial charge in [0.05, 0.1) is 23.8 Å². The van der Waals surface area contributed by atoms with E-state index >= 15 is 0 Å². The first-order chi connectivity index (χ1) is 16.5. The average Bonchev–Trinajstić information content (AvgIpc) is 3.39. The number of H-pyrrole nitrogens is 1. The van der Waals surface area contributed by atoms with Crippen LogP contribution in [0, 0.1) is 0 Å². The Kier molecular flexibility index (Phi) is 5.76. The number of carbonyl (C=O) groups excluding carboxylic acids is 1. The number of pyridine rings is 1. The molecular weight excluding hydrogens is 430 g/mol. The van der Waals surface area contributed by atoms with Crippen molar-refractivity contribution < 1.29 is 14.3 Å². The fourth-order valence-corrected chi connectivity index (χ4v) is 4.57. The molecule has 1 aliphatic heterocycles. The number of likely N-dealkylation sites (tertiary alicyclic amines) is 1. The molecule has 172 valence electrons. The van der Waals surface area contributed by atoms with Crippen molar-refractivity contribution in [2.45, 2.75) is 25.7 Å². The maximum atomic E-state index is 12.4. The average molecular weight is 456 g/mol. The second kappa shape index (κ2) is 9.02. The lowest BCUT2D eigenvalue weighted by molar-refractivity contribution is -0.129. The number of fused-ring (bicyclic) bond motifs is 1. The molecule has 0 unspecified atom stereocenters. The summed E-state index contributed by atoms with van der Waals surface area (Å²) in [5, 5.41) is 11.6. The number of nitrogens with zero attached hydrogens (tertiary/aromatic N) is 2. The number of rotatable bonds is 4. The van der Waals surface area contributed by atoms with Gasteiger partial charge in [0.25, 0.3) is 5.56 Å². The molecule has 1 fully saturated rings. The minimum absolute atomic E-state index is 0.137. The Morgan fingerprint density at radius 2 is 1.85 bits per heavy atom. The highest BCUT2D eigenvalue weighted by Gasteiger charge is 2.21. The highest BCUT2D eigenvalue weighted by Crippen LogP contribution is 2.30. The predicted molar refractivity (Wildman–Crippen MR) is 132 cm³/mol. The van der Waals surface area contributed by atoms with Crippen molar-refractivity contribution in [1.29, 1.82) is 0 Å². The van der Waals surface area contributed by atoms with Crippen molar-refractivity contribution in [2.24, 2.45) is 4.99 Å². The Morgan fingerprint density at radius 1 is 1.09 bits per heavy atom. The van der Waals surface area contributed by atoms with E-state index in [2.05, 4.69) is 22.1 Å². The summed E-state index contributed by atoms with van der Waals surface area (Å²) in [6, 6.07) is 15.3. The molecule has 34 heavy (non-hydrogen) atoms. The number of carbonyl (C=O) groups is 1. The first-order valence-corrected chi connectivity index (χ1v) is 11.3. The van der Waals surface area contributed by atoms with Crippen LogP contribution in [0.2, 0.25) is 0 Å². The summed E-state index contributed by atoms with van der Waals surface area (Å²) in [6.45, 7) is 3.20. The zero-order valence-corrected chi connectivity index (χ0v) is 18.8. The largest absolute Gasteiger partial charge is 0.494 e. The van der Waals surface area contributed by atoms with E-state index in [-0.39, 0.29) is 17.3 Å². The molecule has 0 saturated carbocycles. The van der Waals surface area contributed by atoms with E-state index in [1.807, 2.05) is 35.2 Å². The van der Waals surface area contributed by atoms with Crippen LogP contribution in [0.15, 0.2) is 75.3 Å². The molecule has 2 aromatic carbocycles. The fraction of sp³-hybridized carbons (Fsp3) is 0.222. The minimum Gasteiger partial charge on any atom is -0.494 e. The zero-order valence-electron chi connectivity index (χ0n) is 18.8. The van der Waals surface area contributed by atoms with E-state index in [0.29, 0.717) is 22.3 Å². The third-order valence-electron chi connectivity index (χ3n) is 6.54. The lowest BCUT2D eigenvalue weighted by Crippen LogP contribution is -2.36. The molecule has 0 spiro atoms. The number of furan rings is 1. The van der Waals surface area contributed by atoms with Crippen molar-refractivity contribution in [2.75, 3.05) is 13.1 Å². The van der Waals surface area contributed by atoms with Crippen LogP contribution in [0.3, 0.4) is 0 Å². The van der Waals surface area contributed by atoms with Gasteiger partial charge >= 0.3 is 0 Å².